The molecule has 192 valence electrons. The van der Waals surface area contributed by atoms with E-state index in [-0.39, 0.29) is 11.8 Å². The van der Waals surface area contributed by atoms with E-state index in [2.05, 4.69) is 30.8 Å². The number of rotatable bonds is 4. The van der Waals surface area contributed by atoms with Crippen molar-refractivity contribution >= 4 is 50.1 Å². The number of carbonyl (C=O) groups excluding carboxylic acids is 1. The number of allylic oxidation sites excluding steroid dienone is 1. The molecule has 2 aliphatic heterocycles. The fourth-order valence-corrected chi connectivity index (χ4v) is 4.85. The molecule has 7 nitrogen and oxygen atoms in total. The summed E-state index contributed by atoms with van der Waals surface area (Å²) in [5.74, 6) is 0.460. The Balaban J connectivity index is 0.000000222. The molecule has 2 N–H and O–H groups in total. The monoisotopic (exact) mass is 586 g/mol. The quantitative estimate of drug-likeness (QED) is 0.496. The van der Waals surface area contributed by atoms with E-state index in [9.17, 15) is 13.4 Å². The second-order valence-electron chi connectivity index (χ2n) is 7.35. The lowest BCUT2D eigenvalue weighted by molar-refractivity contribution is -0.138. The Morgan fingerprint density at radius 2 is 2.11 bits per heavy atom. The first-order chi connectivity index (χ1) is 16.9. The lowest BCUT2D eigenvalue weighted by Crippen LogP contribution is -2.33. The van der Waals surface area contributed by atoms with Gasteiger partial charge in [-0.15, -0.1) is 11.3 Å². The summed E-state index contributed by atoms with van der Waals surface area (Å²) in [5.41, 5.74) is 1.78. The number of amidine groups is 1. The van der Waals surface area contributed by atoms with Gasteiger partial charge in [-0.3, -0.25) is 10.1 Å². The highest BCUT2D eigenvalue weighted by atomic mass is 79.9. The average Bonchev–Trinajstić information content (AvgIpc) is 3.35. The Hall–Kier alpha value is -1.95. The van der Waals surface area contributed by atoms with Crippen LogP contribution in [-0.2, 0) is 20.5 Å². The number of aromatic nitrogens is 1. The van der Waals surface area contributed by atoms with Crippen molar-refractivity contribution < 1.29 is 18.1 Å². The number of benzene rings is 1. The first kappa shape index (κ1) is 29.3. The van der Waals surface area contributed by atoms with Crippen molar-refractivity contribution in [1.29, 1.82) is 0 Å². The zero-order valence-electron chi connectivity index (χ0n) is 20.2. The number of nitrogens with two attached hydrogens (primary N) is 1. The molecule has 1 aromatic carbocycles. The van der Waals surface area contributed by atoms with Crippen LogP contribution < -0.4 is 5.14 Å². The van der Waals surface area contributed by atoms with Crippen molar-refractivity contribution in [2.75, 3.05) is 19.7 Å². The molecule has 35 heavy (non-hydrogen) atoms. The lowest BCUT2D eigenvalue weighted by atomic mass is 10.1. The molecule has 2 fully saturated rings. The summed E-state index contributed by atoms with van der Waals surface area (Å²) >= 11 is 4.70. The minimum absolute atomic E-state index is 0.209. The van der Waals surface area contributed by atoms with Gasteiger partial charge in [0.25, 0.3) is 0 Å². The van der Waals surface area contributed by atoms with E-state index in [1.165, 1.54) is 12.1 Å². The minimum Gasteiger partial charge on any atom is -0.463 e. The van der Waals surface area contributed by atoms with E-state index in [1.54, 1.807) is 29.7 Å². The van der Waals surface area contributed by atoms with Gasteiger partial charge in [-0.1, -0.05) is 35.8 Å². The maximum absolute atomic E-state index is 12.1. The number of ether oxygens (including phenoxy) is 1. The zero-order valence-corrected chi connectivity index (χ0v) is 23.4. The molecule has 0 radical (unpaired) electrons. The Kier molecular flexibility index (Phi) is 12.7. The molecule has 0 spiro atoms. The average molecular weight is 588 g/mol. The second-order valence-corrected chi connectivity index (χ2v) is 10.5. The van der Waals surface area contributed by atoms with Gasteiger partial charge in [0.15, 0.2) is 10.8 Å². The number of esters is 1. The van der Waals surface area contributed by atoms with Crippen LogP contribution in [0.5, 0.6) is 0 Å². The maximum atomic E-state index is 12.1. The van der Waals surface area contributed by atoms with Crippen LogP contribution in [0.15, 0.2) is 56.6 Å². The van der Waals surface area contributed by atoms with Gasteiger partial charge >= 0.3 is 5.97 Å². The number of thiazole rings is 1. The first-order valence-corrected chi connectivity index (χ1v) is 14.5. The molecule has 1 saturated carbocycles. The number of aliphatic imine (C=N–C) groups is 1. The van der Waals surface area contributed by atoms with Gasteiger partial charge in [-0.25, -0.2) is 18.4 Å². The molecule has 5 rings (SSSR count). The largest absolute Gasteiger partial charge is 0.463 e. The third-order valence-electron chi connectivity index (χ3n) is 4.90. The van der Waals surface area contributed by atoms with Crippen molar-refractivity contribution in [3.05, 3.63) is 62.4 Å². The van der Waals surface area contributed by atoms with Crippen molar-refractivity contribution in [3.8, 4) is 0 Å². The van der Waals surface area contributed by atoms with Crippen LogP contribution in [0, 0.1) is 5.82 Å². The summed E-state index contributed by atoms with van der Waals surface area (Å²) in [6.07, 6.45) is 5.89. The Labute approximate surface area is 221 Å². The standard InChI is InChI=1S/C13H15N3O2S.C6H4BrF.C3H7NOS.C2H6/c1-2-18-13(17)9-8-15-11(12-14-5-7-19-12)16-6-3-4-10(9)16;7-5-2-1-3-6(8)4-5;4-6(5)3-1-2-3;1-2/h5,7H,2-4,6,8H2,1H3;1-4H;3H,1-2,4H2;1-2H3. The number of halogens is 2. The maximum Gasteiger partial charge on any atom is 0.337 e. The number of hydrogen-bond acceptors (Lipinski definition) is 7. The van der Waals surface area contributed by atoms with Crippen molar-refractivity contribution in [1.82, 2.24) is 9.88 Å². The zero-order chi connectivity index (χ0) is 25.8. The van der Waals surface area contributed by atoms with E-state index in [1.807, 2.05) is 26.2 Å². The third-order valence-corrected chi connectivity index (χ3v) is 7.29. The Bertz CT molecular complexity index is 1030. The van der Waals surface area contributed by atoms with E-state index in [4.69, 9.17) is 9.88 Å². The summed E-state index contributed by atoms with van der Waals surface area (Å²) in [5, 5.41) is 8.18. The van der Waals surface area contributed by atoms with Gasteiger partial charge in [-0.05, 0) is 50.8 Å². The molecular weight excluding hydrogens is 555 g/mol. The fraction of sp³-hybridized carbons (Fsp3) is 0.458. The van der Waals surface area contributed by atoms with Gasteiger partial charge in [0.05, 0.1) is 29.7 Å². The molecule has 1 aromatic heterocycles. The number of nitrogens with zero attached hydrogens (tertiary/aromatic N) is 3. The SMILES string of the molecule is CC.CCOC(=O)C1=C2CCCN2C(c2nccs2)=NC1.Fc1cccc(Br)c1.NS(=O)C1CC1. The number of carbonyl (C=O) groups is 1. The lowest BCUT2D eigenvalue weighted by Gasteiger charge is -2.26. The van der Waals surface area contributed by atoms with E-state index in [0.717, 1.165) is 53.2 Å². The Morgan fingerprint density at radius 3 is 2.60 bits per heavy atom. The predicted octanol–water partition coefficient (Wildman–Crippen LogP) is 5.20. The van der Waals surface area contributed by atoms with Crippen LogP contribution >= 0.6 is 27.3 Å². The summed E-state index contributed by atoms with van der Waals surface area (Å²) < 4.78 is 28.1. The summed E-state index contributed by atoms with van der Waals surface area (Å²) in [6, 6.07) is 6.26. The van der Waals surface area contributed by atoms with Gasteiger partial charge in [0.2, 0.25) is 0 Å². The molecule has 11 heteroatoms. The van der Waals surface area contributed by atoms with E-state index < -0.39 is 11.0 Å². The molecule has 0 bridgehead atoms. The van der Waals surface area contributed by atoms with Crippen LogP contribution in [0.4, 0.5) is 4.39 Å². The Morgan fingerprint density at radius 1 is 1.37 bits per heavy atom. The highest BCUT2D eigenvalue weighted by Crippen LogP contribution is 2.31. The van der Waals surface area contributed by atoms with E-state index in [0.29, 0.717) is 24.0 Å². The van der Waals surface area contributed by atoms with Crippen molar-refractivity contribution in [2.24, 2.45) is 10.1 Å². The van der Waals surface area contributed by atoms with Gasteiger partial charge in [0, 0.05) is 33.5 Å². The summed E-state index contributed by atoms with van der Waals surface area (Å²) in [6.45, 7) is 7.53. The molecule has 3 aliphatic rings. The molecule has 1 atom stereocenters. The van der Waals surface area contributed by atoms with Crippen LogP contribution in [-0.4, -0.2) is 50.8 Å². The molecule has 3 heterocycles. The van der Waals surface area contributed by atoms with Gasteiger partial charge < -0.3 is 9.64 Å². The van der Waals surface area contributed by atoms with Gasteiger partial charge in [0.1, 0.15) is 5.82 Å². The van der Waals surface area contributed by atoms with Crippen LogP contribution in [0.3, 0.4) is 0 Å². The second kappa shape index (κ2) is 15.2. The fourth-order valence-electron chi connectivity index (χ4n) is 3.23. The van der Waals surface area contributed by atoms with Crippen LogP contribution in [0.25, 0.3) is 0 Å². The topological polar surface area (TPSA) is 97.9 Å². The van der Waals surface area contributed by atoms with Crippen molar-refractivity contribution in [3.63, 3.8) is 0 Å². The van der Waals surface area contributed by atoms with Crippen LogP contribution in [0.2, 0.25) is 0 Å². The molecule has 2 aromatic rings. The number of fused-ring (bicyclic) bond motifs is 1. The van der Waals surface area contributed by atoms with E-state index >= 15 is 0 Å². The molecule has 0 amide bonds. The first-order valence-electron chi connectivity index (χ1n) is 11.6. The van der Waals surface area contributed by atoms with Crippen molar-refractivity contribution in [2.45, 2.75) is 51.7 Å². The molecule has 1 saturated heterocycles. The molecule has 1 unspecified atom stereocenters. The smallest absolute Gasteiger partial charge is 0.337 e. The highest BCUT2D eigenvalue weighted by molar-refractivity contribution is 9.10. The predicted molar refractivity (Wildman–Crippen MR) is 144 cm³/mol. The van der Waals surface area contributed by atoms with Crippen LogP contribution in [0.1, 0.15) is 51.5 Å². The number of hydrogen-bond donors (Lipinski definition) is 1. The molecule has 1 aliphatic carbocycles. The molecular formula is C24H32BrFN4O3S2. The summed E-state index contributed by atoms with van der Waals surface area (Å²) in [7, 11) is -1.01. The normalized spacial score (nSPS) is 16.9. The summed E-state index contributed by atoms with van der Waals surface area (Å²) in [4.78, 5) is 22.9. The third kappa shape index (κ3) is 9.21. The van der Waals surface area contributed by atoms with Gasteiger partial charge in [-0.2, -0.15) is 0 Å². The highest BCUT2D eigenvalue weighted by Gasteiger charge is 2.32. The minimum atomic E-state index is -1.01.